The Morgan fingerprint density at radius 1 is 1.35 bits per heavy atom. The van der Waals surface area contributed by atoms with E-state index in [4.69, 9.17) is 4.98 Å². The zero-order valence-electron chi connectivity index (χ0n) is 15.1. The molecule has 7 heteroatoms. The lowest BCUT2D eigenvalue weighted by Gasteiger charge is -2.27. The summed E-state index contributed by atoms with van der Waals surface area (Å²) in [7, 11) is 0. The van der Waals surface area contributed by atoms with Gasteiger partial charge in [0.15, 0.2) is 0 Å². The summed E-state index contributed by atoms with van der Waals surface area (Å²) in [5.74, 6) is 0.902. The van der Waals surface area contributed by atoms with Crippen LogP contribution in [0.4, 0.5) is 0 Å². The maximum atomic E-state index is 13.3. The lowest BCUT2D eigenvalue weighted by atomic mass is 10.1. The SMILES string of the molecule is CCc1nc2ccccc2n1C(CC)C(=O)N(CCO)Cc1nccs1. The number of fused-ring (bicyclic) bond motifs is 1. The molecule has 0 radical (unpaired) electrons. The van der Waals surface area contributed by atoms with Crippen LogP contribution in [0, 0.1) is 0 Å². The number of imidazole rings is 1. The van der Waals surface area contributed by atoms with Crippen LogP contribution in [-0.4, -0.2) is 43.6 Å². The molecule has 0 saturated carbocycles. The Morgan fingerprint density at radius 2 is 2.15 bits per heavy atom. The van der Waals surface area contributed by atoms with Crippen molar-refractivity contribution in [2.45, 2.75) is 39.3 Å². The first-order valence-electron chi connectivity index (χ1n) is 8.93. The van der Waals surface area contributed by atoms with Gasteiger partial charge in [-0.25, -0.2) is 9.97 Å². The zero-order valence-corrected chi connectivity index (χ0v) is 15.9. The van der Waals surface area contributed by atoms with Crippen LogP contribution in [0.3, 0.4) is 0 Å². The van der Waals surface area contributed by atoms with Crippen LogP contribution in [0.2, 0.25) is 0 Å². The molecule has 0 aliphatic heterocycles. The van der Waals surface area contributed by atoms with Crippen molar-refractivity contribution < 1.29 is 9.90 Å². The predicted octanol–water partition coefficient (Wildman–Crippen LogP) is 3.03. The van der Waals surface area contributed by atoms with Crippen LogP contribution in [0.5, 0.6) is 0 Å². The van der Waals surface area contributed by atoms with Crippen LogP contribution >= 0.6 is 11.3 Å². The summed E-state index contributed by atoms with van der Waals surface area (Å²) in [5, 5.41) is 12.2. The molecule has 2 heterocycles. The van der Waals surface area contributed by atoms with Crippen molar-refractivity contribution >= 4 is 28.3 Å². The molecule has 1 aromatic carbocycles. The number of para-hydroxylation sites is 2. The summed E-state index contributed by atoms with van der Waals surface area (Å²) >= 11 is 1.52. The molecule has 0 aliphatic carbocycles. The molecule has 2 aromatic heterocycles. The van der Waals surface area contributed by atoms with Gasteiger partial charge in [0, 0.05) is 24.5 Å². The quantitative estimate of drug-likeness (QED) is 0.660. The normalized spacial score (nSPS) is 12.4. The molecular weight excluding hydrogens is 348 g/mol. The Balaban J connectivity index is 1.97. The molecule has 0 bridgehead atoms. The van der Waals surface area contributed by atoms with Crippen molar-refractivity contribution in [2.75, 3.05) is 13.2 Å². The van der Waals surface area contributed by atoms with Gasteiger partial charge in [-0.2, -0.15) is 0 Å². The minimum absolute atomic E-state index is 0.00500. The monoisotopic (exact) mass is 372 g/mol. The first-order chi connectivity index (χ1) is 12.7. The van der Waals surface area contributed by atoms with E-state index in [9.17, 15) is 9.90 Å². The summed E-state index contributed by atoms with van der Waals surface area (Å²) < 4.78 is 2.06. The highest BCUT2D eigenvalue weighted by Gasteiger charge is 2.28. The standard InChI is InChI=1S/C19H24N4O2S/c1-3-15(19(25)22(10-11-24)13-18-20-9-12-26-18)23-16-8-6-5-7-14(16)21-17(23)4-2/h5-9,12,15,24H,3-4,10-11,13H2,1-2H3. The first kappa shape index (κ1) is 18.5. The third-order valence-electron chi connectivity index (χ3n) is 4.46. The lowest BCUT2D eigenvalue weighted by Crippen LogP contribution is -2.39. The highest BCUT2D eigenvalue weighted by atomic mass is 32.1. The number of aliphatic hydroxyl groups is 1. The number of benzene rings is 1. The molecule has 3 aromatic rings. The van der Waals surface area contributed by atoms with Gasteiger partial charge >= 0.3 is 0 Å². The largest absolute Gasteiger partial charge is 0.395 e. The summed E-state index contributed by atoms with van der Waals surface area (Å²) in [4.78, 5) is 24.0. The van der Waals surface area contributed by atoms with Crippen LogP contribution in [0.25, 0.3) is 11.0 Å². The Kier molecular flexibility index (Phi) is 6.00. The van der Waals surface area contributed by atoms with Gasteiger partial charge in [0.25, 0.3) is 0 Å². The molecule has 0 fully saturated rings. The third-order valence-corrected chi connectivity index (χ3v) is 5.22. The number of carbonyl (C=O) groups excluding carboxylic acids is 1. The van der Waals surface area contributed by atoms with Crippen molar-refractivity contribution in [3.05, 3.63) is 46.7 Å². The maximum absolute atomic E-state index is 13.3. The lowest BCUT2D eigenvalue weighted by molar-refractivity contribution is -0.136. The molecule has 1 N–H and O–H groups in total. The van der Waals surface area contributed by atoms with E-state index in [1.807, 2.05) is 36.6 Å². The molecule has 3 rings (SSSR count). The van der Waals surface area contributed by atoms with Gasteiger partial charge in [-0.05, 0) is 18.6 Å². The van der Waals surface area contributed by atoms with Crippen LogP contribution in [0.15, 0.2) is 35.8 Å². The van der Waals surface area contributed by atoms with Crippen LogP contribution in [0.1, 0.15) is 37.1 Å². The fourth-order valence-electron chi connectivity index (χ4n) is 3.25. The van der Waals surface area contributed by atoms with Crippen molar-refractivity contribution in [2.24, 2.45) is 0 Å². The molecule has 26 heavy (non-hydrogen) atoms. The van der Waals surface area contributed by atoms with Gasteiger partial charge < -0.3 is 14.6 Å². The molecule has 6 nitrogen and oxygen atoms in total. The number of aliphatic hydroxyl groups excluding tert-OH is 1. The smallest absolute Gasteiger partial charge is 0.246 e. The fraction of sp³-hybridized carbons (Fsp3) is 0.421. The minimum Gasteiger partial charge on any atom is -0.395 e. The van der Waals surface area contributed by atoms with Crippen LogP contribution in [-0.2, 0) is 17.8 Å². The van der Waals surface area contributed by atoms with Crippen LogP contribution < -0.4 is 0 Å². The van der Waals surface area contributed by atoms with E-state index in [0.717, 1.165) is 28.3 Å². The number of rotatable bonds is 8. The summed E-state index contributed by atoms with van der Waals surface area (Å²) in [6, 6.07) is 7.57. The van der Waals surface area contributed by atoms with Gasteiger partial charge in [-0.15, -0.1) is 11.3 Å². The number of thiazole rings is 1. The second-order valence-electron chi connectivity index (χ2n) is 6.07. The molecule has 1 amide bonds. The Hall–Kier alpha value is -2.25. The van der Waals surface area contributed by atoms with E-state index < -0.39 is 0 Å². The Labute approximate surface area is 157 Å². The maximum Gasteiger partial charge on any atom is 0.246 e. The molecule has 1 unspecified atom stereocenters. The van der Waals surface area contributed by atoms with E-state index in [1.165, 1.54) is 11.3 Å². The summed E-state index contributed by atoms with van der Waals surface area (Å²) in [6.07, 6.45) is 3.15. The zero-order chi connectivity index (χ0) is 18.5. The van der Waals surface area contributed by atoms with Gasteiger partial charge in [0.05, 0.1) is 24.2 Å². The highest BCUT2D eigenvalue weighted by Crippen LogP contribution is 2.26. The molecular formula is C19H24N4O2S. The van der Waals surface area contributed by atoms with E-state index in [0.29, 0.717) is 19.5 Å². The molecule has 0 saturated heterocycles. The number of nitrogens with zero attached hydrogens (tertiary/aromatic N) is 4. The number of aromatic nitrogens is 3. The Morgan fingerprint density at radius 3 is 2.81 bits per heavy atom. The molecule has 138 valence electrons. The number of hydrogen-bond donors (Lipinski definition) is 1. The second kappa shape index (κ2) is 8.42. The molecule has 0 spiro atoms. The van der Waals surface area contributed by atoms with E-state index in [-0.39, 0.29) is 18.6 Å². The number of aryl methyl sites for hydroxylation is 1. The first-order valence-corrected chi connectivity index (χ1v) is 9.81. The van der Waals surface area contributed by atoms with Gasteiger partial charge in [-0.3, -0.25) is 4.79 Å². The predicted molar refractivity (Wildman–Crippen MR) is 103 cm³/mol. The second-order valence-corrected chi connectivity index (χ2v) is 7.05. The van der Waals surface area contributed by atoms with E-state index in [2.05, 4.69) is 16.5 Å². The van der Waals surface area contributed by atoms with E-state index in [1.54, 1.807) is 11.1 Å². The topological polar surface area (TPSA) is 71.2 Å². The molecule has 1 atom stereocenters. The van der Waals surface area contributed by atoms with Gasteiger partial charge in [0.2, 0.25) is 5.91 Å². The number of carbonyl (C=O) groups is 1. The highest BCUT2D eigenvalue weighted by molar-refractivity contribution is 7.09. The molecule has 0 aliphatic rings. The Bertz CT molecular complexity index is 860. The van der Waals surface area contributed by atoms with Crippen molar-refractivity contribution in [1.29, 1.82) is 0 Å². The van der Waals surface area contributed by atoms with Gasteiger partial charge in [-0.1, -0.05) is 26.0 Å². The summed E-state index contributed by atoms with van der Waals surface area (Å²) in [6.45, 7) is 4.71. The third kappa shape index (κ3) is 3.64. The fourth-order valence-corrected chi connectivity index (χ4v) is 3.88. The average Bonchev–Trinajstić information content (AvgIpc) is 3.30. The average molecular weight is 372 g/mol. The number of amides is 1. The van der Waals surface area contributed by atoms with E-state index >= 15 is 0 Å². The van der Waals surface area contributed by atoms with Crippen molar-refractivity contribution in [3.8, 4) is 0 Å². The van der Waals surface area contributed by atoms with Crippen molar-refractivity contribution in [1.82, 2.24) is 19.4 Å². The van der Waals surface area contributed by atoms with Gasteiger partial charge in [0.1, 0.15) is 16.9 Å². The number of hydrogen-bond acceptors (Lipinski definition) is 5. The van der Waals surface area contributed by atoms with Crippen molar-refractivity contribution in [3.63, 3.8) is 0 Å². The summed E-state index contributed by atoms with van der Waals surface area (Å²) in [5.41, 5.74) is 1.88. The minimum atomic E-state index is -0.344.